The first-order valence-electron chi connectivity index (χ1n) is 10.3. The van der Waals surface area contributed by atoms with Crippen molar-refractivity contribution in [3.8, 4) is 0 Å². The van der Waals surface area contributed by atoms with Crippen LogP contribution in [0.15, 0.2) is 45.6 Å². The van der Waals surface area contributed by atoms with Crippen LogP contribution in [0.25, 0.3) is 11.0 Å². The van der Waals surface area contributed by atoms with Gasteiger partial charge in [0, 0.05) is 31.2 Å². The van der Waals surface area contributed by atoms with Gasteiger partial charge in [-0.15, -0.1) is 0 Å². The molecule has 1 aromatic heterocycles. The van der Waals surface area contributed by atoms with Crippen molar-refractivity contribution in [1.29, 1.82) is 0 Å². The molecule has 0 bridgehead atoms. The van der Waals surface area contributed by atoms with Gasteiger partial charge >= 0.3 is 0 Å². The number of nitrogens with zero attached hydrogens (tertiary/aromatic N) is 2. The fourth-order valence-corrected chi connectivity index (χ4v) is 4.80. The summed E-state index contributed by atoms with van der Waals surface area (Å²) in [6.45, 7) is 4.00. The lowest BCUT2D eigenvalue weighted by Gasteiger charge is -2.31. The summed E-state index contributed by atoms with van der Waals surface area (Å²) in [5, 5.41) is 1.51. The molecule has 0 N–H and O–H groups in total. The zero-order valence-electron chi connectivity index (χ0n) is 16.9. The molecular formula is C23H19Cl3N2O4. The molecule has 32 heavy (non-hydrogen) atoms. The fraction of sp³-hybridized carbons (Fsp3) is 0.304. The predicted molar refractivity (Wildman–Crippen MR) is 124 cm³/mol. The molecule has 2 aliphatic heterocycles. The zero-order valence-corrected chi connectivity index (χ0v) is 19.2. The van der Waals surface area contributed by atoms with Crippen LogP contribution in [0.2, 0.25) is 15.1 Å². The first kappa shape index (κ1) is 21.7. The number of benzene rings is 2. The van der Waals surface area contributed by atoms with E-state index in [0.29, 0.717) is 63.5 Å². The van der Waals surface area contributed by atoms with Crippen LogP contribution in [0.3, 0.4) is 0 Å². The molecule has 3 aromatic rings. The van der Waals surface area contributed by atoms with Crippen molar-refractivity contribution in [3.63, 3.8) is 0 Å². The van der Waals surface area contributed by atoms with Crippen LogP contribution in [0, 0.1) is 0 Å². The zero-order chi connectivity index (χ0) is 22.4. The lowest BCUT2D eigenvalue weighted by atomic mass is 9.98. The highest BCUT2D eigenvalue weighted by molar-refractivity contribution is 6.42. The van der Waals surface area contributed by atoms with Crippen LogP contribution in [-0.2, 0) is 4.74 Å². The molecule has 1 fully saturated rings. The highest BCUT2D eigenvalue weighted by atomic mass is 35.5. The van der Waals surface area contributed by atoms with E-state index in [1.807, 2.05) is 0 Å². The highest BCUT2D eigenvalue weighted by Gasteiger charge is 2.42. The summed E-state index contributed by atoms with van der Waals surface area (Å²) in [4.78, 5) is 30.9. The van der Waals surface area contributed by atoms with Crippen molar-refractivity contribution in [1.82, 2.24) is 9.80 Å². The molecule has 9 heteroatoms. The Morgan fingerprint density at radius 1 is 0.938 bits per heavy atom. The van der Waals surface area contributed by atoms with Gasteiger partial charge in [-0.2, -0.15) is 0 Å². The molecule has 3 heterocycles. The van der Waals surface area contributed by atoms with Crippen LogP contribution in [0.5, 0.6) is 0 Å². The maximum absolute atomic E-state index is 13.5. The van der Waals surface area contributed by atoms with Gasteiger partial charge in [-0.3, -0.25) is 14.5 Å². The molecule has 1 amide bonds. The van der Waals surface area contributed by atoms with E-state index < -0.39 is 6.04 Å². The van der Waals surface area contributed by atoms with Crippen LogP contribution < -0.4 is 5.43 Å². The molecule has 166 valence electrons. The number of halogens is 3. The first-order chi connectivity index (χ1) is 15.4. The Hall–Kier alpha value is -2.09. The van der Waals surface area contributed by atoms with E-state index in [9.17, 15) is 9.59 Å². The number of ether oxygens (including phenoxy) is 1. The lowest BCUT2D eigenvalue weighted by molar-refractivity contribution is 0.0314. The second-order valence-corrected chi connectivity index (χ2v) is 9.09. The predicted octanol–water partition coefficient (Wildman–Crippen LogP) is 4.63. The third-order valence-electron chi connectivity index (χ3n) is 5.95. The van der Waals surface area contributed by atoms with Gasteiger partial charge in [-0.1, -0.05) is 40.9 Å². The topological polar surface area (TPSA) is 63.0 Å². The molecule has 0 spiro atoms. The van der Waals surface area contributed by atoms with E-state index >= 15 is 0 Å². The van der Waals surface area contributed by atoms with E-state index in [1.165, 1.54) is 0 Å². The minimum absolute atomic E-state index is 0.0582. The maximum atomic E-state index is 13.5. The van der Waals surface area contributed by atoms with Crippen molar-refractivity contribution in [2.45, 2.75) is 6.04 Å². The van der Waals surface area contributed by atoms with Gasteiger partial charge in [-0.25, -0.2) is 0 Å². The molecule has 1 atom stereocenters. The minimum Gasteiger partial charge on any atom is -0.450 e. The highest BCUT2D eigenvalue weighted by Crippen LogP contribution is 2.39. The van der Waals surface area contributed by atoms with Gasteiger partial charge < -0.3 is 14.1 Å². The molecule has 0 saturated carbocycles. The first-order valence-corrected chi connectivity index (χ1v) is 11.4. The van der Waals surface area contributed by atoms with Gasteiger partial charge in [0.2, 0.25) is 5.76 Å². The summed E-state index contributed by atoms with van der Waals surface area (Å²) in [7, 11) is 0. The van der Waals surface area contributed by atoms with E-state index in [4.69, 9.17) is 44.0 Å². The number of amides is 1. The second kappa shape index (κ2) is 8.69. The molecular weight excluding hydrogens is 475 g/mol. The Morgan fingerprint density at radius 3 is 2.47 bits per heavy atom. The normalized spacial score (nSPS) is 19.0. The second-order valence-electron chi connectivity index (χ2n) is 7.84. The van der Waals surface area contributed by atoms with Gasteiger partial charge in [0.05, 0.1) is 40.3 Å². The minimum atomic E-state index is -0.632. The molecule has 2 aliphatic rings. The van der Waals surface area contributed by atoms with Crippen molar-refractivity contribution < 1.29 is 13.9 Å². The van der Waals surface area contributed by atoms with Gasteiger partial charge in [0.15, 0.2) is 5.43 Å². The van der Waals surface area contributed by atoms with Crippen LogP contribution in [0.1, 0.15) is 27.7 Å². The Kier molecular flexibility index (Phi) is 5.90. The number of rotatable bonds is 4. The number of carbonyl (C=O) groups excluding carboxylic acids is 1. The molecule has 6 nitrogen and oxygen atoms in total. The molecule has 0 radical (unpaired) electrons. The molecule has 5 rings (SSSR count). The summed E-state index contributed by atoms with van der Waals surface area (Å²) in [5.74, 6) is -0.263. The molecule has 1 saturated heterocycles. The summed E-state index contributed by atoms with van der Waals surface area (Å²) in [6.07, 6.45) is 0. The van der Waals surface area contributed by atoms with Gasteiger partial charge in [0.1, 0.15) is 5.58 Å². The average Bonchev–Trinajstić information content (AvgIpc) is 3.07. The van der Waals surface area contributed by atoms with E-state index in [-0.39, 0.29) is 17.1 Å². The number of carbonyl (C=O) groups is 1. The molecule has 0 unspecified atom stereocenters. The van der Waals surface area contributed by atoms with E-state index in [2.05, 4.69) is 4.90 Å². The summed E-state index contributed by atoms with van der Waals surface area (Å²) in [5.41, 5.74) is 1.05. The van der Waals surface area contributed by atoms with Crippen molar-refractivity contribution in [3.05, 3.63) is 78.6 Å². The Morgan fingerprint density at radius 2 is 1.72 bits per heavy atom. The average molecular weight is 494 g/mol. The van der Waals surface area contributed by atoms with Crippen molar-refractivity contribution in [2.75, 3.05) is 39.4 Å². The third kappa shape index (κ3) is 3.80. The summed E-state index contributed by atoms with van der Waals surface area (Å²) in [6, 6.07) is 9.32. The fourth-order valence-electron chi connectivity index (χ4n) is 4.33. The SMILES string of the molecule is O=C1c2oc3ccc(Cl)cc3c(=O)c2[C@@H](c2ccc(Cl)c(Cl)c2)N1CCN1CCOCC1. The van der Waals surface area contributed by atoms with Gasteiger partial charge in [-0.05, 0) is 35.9 Å². The Labute approximate surface area is 199 Å². The van der Waals surface area contributed by atoms with E-state index in [0.717, 1.165) is 13.1 Å². The lowest BCUT2D eigenvalue weighted by Crippen LogP contribution is -2.42. The maximum Gasteiger partial charge on any atom is 0.290 e. The largest absolute Gasteiger partial charge is 0.450 e. The smallest absolute Gasteiger partial charge is 0.290 e. The van der Waals surface area contributed by atoms with Crippen LogP contribution in [0.4, 0.5) is 0 Å². The molecule has 0 aliphatic carbocycles. The summed E-state index contributed by atoms with van der Waals surface area (Å²) < 4.78 is 11.3. The number of fused-ring (bicyclic) bond motifs is 2. The summed E-state index contributed by atoms with van der Waals surface area (Å²) >= 11 is 18.5. The third-order valence-corrected chi connectivity index (χ3v) is 6.92. The van der Waals surface area contributed by atoms with Crippen molar-refractivity contribution in [2.24, 2.45) is 0 Å². The molecule has 2 aromatic carbocycles. The van der Waals surface area contributed by atoms with Crippen LogP contribution in [-0.4, -0.2) is 55.1 Å². The standard InChI is InChI=1S/C23H19Cl3N2O4/c24-14-2-4-18-15(12-14)21(29)19-20(13-1-3-16(25)17(26)11-13)28(23(30)22(19)32-18)6-5-27-7-9-31-10-8-27/h1-4,11-12,20H,5-10H2/t20-/m1/s1. The van der Waals surface area contributed by atoms with Gasteiger partial charge in [0.25, 0.3) is 5.91 Å². The Bertz CT molecular complexity index is 1270. The number of hydrogen-bond acceptors (Lipinski definition) is 5. The van der Waals surface area contributed by atoms with Crippen molar-refractivity contribution >= 4 is 51.7 Å². The number of hydrogen-bond donors (Lipinski definition) is 0. The Balaban J connectivity index is 1.62. The number of morpholine rings is 1. The van der Waals surface area contributed by atoms with Crippen LogP contribution >= 0.6 is 34.8 Å². The quantitative estimate of drug-likeness (QED) is 0.530. The monoisotopic (exact) mass is 492 g/mol. The van der Waals surface area contributed by atoms with E-state index in [1.54, 1.807) is 41.3 Å².